The average Bonchev–Trinajstić information content (AvgIpc) is 2.86. The number of nitrogens with one attached hydrogen (secondary N) is 1. The Kier molecular flexibility index (Phi) is 5.15. The molecule has 0 radical (unpaired) electrons. The monoisotopic (exact) mass is 403 g/mol. The number of thiophene rings is 1. The van der Waals surface area contributed by atoms with Crippen molar-refractivity contribution in [3.05, 3.63) is 55.1 Å². The fourth-order valence-electron chi connectivity index (χ4n) is 1.66. The molecule has 6 heteroatoms. The molecule has 0 saturated heterocycles. The van der Waals surface area contributed by atoms with E-state index >= 15 is 0 Å². The topological polar surface area (TPSA) is 49.3 Å². The van der Waals surface area contributed by atoms with E-state index in [2.05, 4.69) is 37.2 Å². The lowest BCUT2D eigenvalue weighted by molar-refractivity contribution is -0.139. The molecular formula is C13H11Br2NO2S. The Balaban J connectivity index is 2.15. The van der Waals surface area contributed by atoms with Crippen molar-refractivity contribution in [3.8, 4) is 0 Å². The summed E-state index contributed by atoms with van der Waals surface area (Å²) in [4.78, 5) is 12.5. The van der Waals surface area contributed by atoms with E-state index in [-0.39, 0.29) is 0 Å². The second-order valence-electron chi connectivity index (χ2n) is 3.91. The van der Waals surface area contributed by atoms with Crippen LogP contribution < -0.4 is 5.32 Å². The van der Waals surface area contributed by atoms with Crippen LogP contribution in [0.25, 0.3) is 0 Å². The predicted molar refractivity (Wildman–Crippen MR) is 83.4 cm³/mol. The first-order chi connectivity index (χ1) is 9.08. The molecular weight excluding hydrogens is 394 g/mol. The number of carboxylic acid groups (broad SMARTS) is 1. The number of hydrogen-bond acceptors (Lipinski definition) is 3. The van der Waals surface area contributed by atoms with Crippen molar-refractivity contribution in [1.82, 2.24) is 5.32 Å². The van der Waals surface area contributed by atoms with E-state index in [0.717, 1.165) is 19.4 Å². The fourth-order valence-corrected chi connectivity index (χ4v) is 2.95. The minimum atomic E-state index is -0.884. The van der Waals surface area contributed by atoms with Crippen LogP contribution in [0.2, 0.25) is 0 Å². The second-order valence-corrected chi connectivity index (χ2v) is 6.65. The van der Waals surface area contributed by atoms with Crippen LogP contribution in [-0.4, -0.2) is 11.1 Å². The molecule has 0 spiro atoms. The van der Waals surface area contributed by atoms with Gasteiger partial charge >= 0.3 is 5.97 Å². The first-order valence-corrected chi connectivity index (χ1v) is 7.98. The third-order valence-electron chi connectivity index (χ3n) is 2.58. The van der Waals surface area contributed by atoms with Crippen LogP contribution in [0.4, 0.5) is 0 Å². The lowest BCUT2D eigenvalue weighted by atomic mass is 10.1. The summed E-state index contributed by atoms with van der Waals surface area (Å²) in [6.07, 6.45) is 0. The Morgan fingerprint density at radius 2 is 2.11 bits per heavy atom. The van der Waals surface area contributed by atoms with E-state index in [1.54, 1.807) is 17.4 Å². The second kappa shape index (κ2) is 6.65. The van der Waals surface area contributed by atoms with Crippen molar-refractivity contribution >= 4 is 49.2 Å². The molecule has 1 heterocycles. The number of carboxylic acids is 1. The number of halogens is 2. The molecule has 2 N–H and O–H groups in total. The van der Waals surface area contributed by atoms with Gasteiger partial charge in [0.15, 0.2) is 0 Å². The number of hydrogen-bond donors (Lipinski definition) is 2. The Hall–Kier alpha value is -0.690. The van der Waals surface area contributed by atoms with Gasteiger partial charge in [0.1, 0.15) is 6.04 Å². The maximum atomic E-state index is 11.4. The Morgan fingerprint density at radius 1 is 1.32 bits per heavy atom. The zero-order valence-electron chi connectivity index (χ0n) is 9.77. The lowest BCUT2D eigenvalue weighted by Gasteiger charge is -2.15. The average molecular weight is 405 g/mol. The predicted octanol–water partition coefficient (Wildman–Crippen LogP) is 4.19. The van der Waals surface area contributed by atoms with E-state index in [1.807, 2.05) is 29.6 Å². The van der Waals surface area contributed by atoms with E-state index in [1.165, 1.54) is 0 Å². The van der Waals surface area contributed by atoms with Gasteiger partial charge in [-0.25, -0.2) is 0 Å². The fraction of sp³-hybridized carbons (Fsp3) is 0.154. The SMILES string of the molecule is O=C(O)C(NCc1cccs1)c1ccc(Br)c(Br)c1. The van der Waals surface area contributed by atoms with Gasteiger partial charge in [0.05, 0.1) is 0 Å². The van der Waals surface area contributed by atoms with Crippen LogP contribution in [-0.2, 0) is 11.3 Å². The first-order valence-electron chi connectivity index (χ1n) is 5.51. The highest BCUT2D eigenvalue weighted by molar-refractivity contribution is 9.13. The normalized spacial score (nSPS) is 12.3. The van der Waals surface area contributed by atoms with Crippen molar-refractivity contribution in [2.75, 3.05) is 0 Å². The third kappa shape index (κ3) is 3.89. The van der Waals surface area contributed by atoms with Crippen molar-refractivity contribution in [2.45, 2.75) is 12.6 Å². The highest BCUT2D eigenvalue weighted by Gasteiger charge is 2.19. The summed E-state index contributed by atoms with van der Waals surface area (Å²) >= 11 is 8.37. The molecule has 0 aliphatic heterocycles. The number of rotatable bonds is 5. The summed E-state index contributed by atoms with van der Waals surface area (Å²) < 4.78 is 1.74. The van der Waals surface area contributed by atoms with Crippen LogP contribution >= 0.6 is 43.2 Å². The first kappa shape index (κ1) is 14.7. The molecule has 3 nitrogen and oxygen atoms in total. The summed E-state index contributed by atoms with van der Waals surface area (Å²) in [7, 11) is 0. The minimum absolute atomic E-state index is 0.544. The van der Waals surface area contributed by atoms with Crippen LogP contribution in [0.3, 0.4) is 0 Å². The molecule has 0 fully saturated rings. The number of aliphatic carboxylic acids is 1. The van der Waals surface area contributed by atoms with Crippen molar-refractivity contribution < 1.29 is 9.90 Å². The molecule has 0 bridgehead atoms. The quantitative estimate of drug-likeness (QED) is 0.785. The Morgan fingerprint density at radius 3 is 2.68 bits per heavy atom. The van der Waals surface area contributed by atoms with Gasteiger partial charge in [-0.1, -0.05) is 12.1 Å². The maximum absolute atomic E-state index is 11.4. The molecule has 100 valence electrons. The van der Waals surface area contributed by atoms with Crippen molar-refractivity contribution in [1.29, 1.82) is 0 Å². The molecule has 0 saturated carbocycles. The molecule has 19 heavy (non-hydrogen) atoms. The Bertz CT molecular complexity index is 572. The third-order valence-corrected chi connectivity index (χ3v) is 5.34. The highest BCUT2D eigenvalue weighted by Crippen LogP contribution is 2.27. The van der Waals surface area contributed by atoms with Gasteiger partial charge in [-0.05, 0) is 61.0 Å². The van der Waals surface area contributed by atoms with Crippen LogP contribution in [0, 0.1) is 0 Å². The number of benzene rings is 1. The van der Waals surface area contributed by atoms with Crippen LogP contribution in [0.1, 0.15) is 16.5 Å². The minimum Gasteiger partial charge on any atom is -0.480 e. The molecule has 2 aromatic rings. The van der Waals surface area contributed by atoms with E-state index < -0.39 is 12.0 Å². The van der Waals surface area contributed by atoms with Gasteiger partial charge in [0, 0.05) is 20.4 Å². The smallest absolute Gasteiger partial charge is 0.325 e. The van der Waals surface area contributed by atoms with Gasteiger partial charge in [-0.2, -0.15) is 0 Å². The molecule has 1 aromatic carbocycles. The summed E-state index contributed by atoms with van der Waals surface area (Å²) in [6.45, 7) is 0.544. The van der Waals surface area contributed by atoms with E-state index in [4.69, 9.17) is 0 Å². The molecule has 1 aromatic heterocycles. The largest absolute Gasteiger partial charge is 0.480 e. The molecule has 1 unspecified atom stereocenters. The Labute approximate surface area is 131 Å². The zero-order chi connectivity index (χ0) is 13.8. The van der Waals surface area contributed by atoms with E-state index in [0.29, 0.717) is 6.54 Å². The van der Waals surface area contributed by atoms with Crippen molar-refractivity contribution in [3.63, 3.8) is 0 Å². The standard InChI is InChI=1S/C13H11Br2NO2S/c14-10-4-3-8(6-11(10)15)12(13(17)18)16-7-9-2-1-5-19-9/h1-6,12,16H,7H2,(H,17,18). The van der Waals surface area contributed by atoms with Gasteiger partial charge in [0.2, 0.25) is 0 Å². The molecule has 0 aliphatic carbocycles. The van der Waals surface area contributed by atoms with Gasteiger partial charge < -0.3 is 5.11 Å². The zero-order valence-corrected chi connectivity index (χ0v) is 13.8. The van der Waals surface area contributed by atoms with Crippen LogP contribution in [0.5, 0.6) is 0 Å². The number of carbonyl (C=O) groups is 1. The lowest BCUT2D eigenvalue weighted by Crippen LogP contribution is -2.27. The van der Waals surface area contributed by atoms with Gasteiger partial charge in [0.25, 0.3) is 0 Å². The van der Waals surface area contributed by atoms with Crippen LogP contribution in [0.15, 0.2) is 44.7 Å². The highest BCUT2D eigenvalue weighted by atomic mass is 79.9. The van der Waals surface area contributed by atoms with Gasteiger partial charge in [-0.15, -0.1) is 11.3 Å². The van der Waals surface area contributed by atoms with E-state index in [9.17, 15) is 9.90 Å². The summed E-state index contributed by atoms with van der Waals surface area (Å²) in [6, 6.07) is 8.66. The van der Waals surface area contributed by atoms with Crippen molar-refractivity contribution in [2.24, 2.45) is 0 Å². The summed E-state index contributed by atoms with van der Waals surface area (Å²) in [5.41, 5.74) is 0.721. The molecule has 0 aliphatic rings. The summed E-state index contributed by atoms with van der Waals surface area (Å²) in [5.74, 6) is -0.884. The molecule has 1 atom stereocenters. The molecule has 0 amide bonds. The van der Waals surface area contributed by atoms with Gasteiger partial charge in [-0.3, -0.25) is 10.1 Å². The maximum Gasteiger partial charge on any atom is 0.325 e. The summed E-state index contributed by atoms with van der Waals surface area (Å²) in [5, 5.41) is 14.4. The molecule has 2 rings (SSSR count).